The lowest BCUT2D eigenvalue weighted by Crippen LogP contribution is -2.56. The van der Waals surface area contributed by atoms with Gasteiger partial charge in [0.2, 0.25) is 0 Å². The van der Waals surface area contributed by atoms with Gasteiger partial charge in [0.25, 0.3) is 0 Å². The normalized spacial score (nSPS) is 23.6. The molecule has 0 aliphatic carbocycles. The fraction of sp³-hybridized carbons (Fsp3) is 0.688. The number of pyridine rings is 1. The summed E-state index contributed by atoms with van der Waals surface area (Å²) in [6.07, 6.45) is 4.55. The van der Waals surface area contributed by atoms with E-state index in [-0.39, 0.29) is 17.2 Å². The average Bonchev–Trinajstić information content (AvgIpc) is 2.40. The average molecular weight is 323 g/mol. The summed E-state index contributed by atoms with van der Waals surface area (Å²) in [5.74, 6) is 0. The van der Waals surface area contributed by atoms with E-state index >= 15 is 0 Å². The van der Waals surface area contributed by atoms with Crippen LogP contribution in [-0.2, 0) is 4.43 Å². The van der Waals surface area contributed by atoms with Crippen LogP contribution in [0.4, 0.5) is 11.4 Å². The molecule has 0 aromatic carbocycles. The van der Waals surface area contributed by atoms with Crippen molar-refractivity contribution in [1.29, 1.82) is 0 Å². The highest BCUT2D eigenvalue weighted by atomic mass is 28.4. The second-order valence-electron chi connectivity index (χ2n) is 7.75. The molecule has 4 N–H and O–H groups in total. The Hall–Kier alpha value is -1.11. The van der Waals surface area contributed by atoms with Gasteiger partial charge in [0.05, 0.1) is 23.7 Å². The molecule has 0 spiro atoms. The zero-order valence-electron chi connectivity index (χ0n) is 14.5. The molecule has 1 aromatic rings. The van der Waals surface area contributed by atoms with Gasteiger partial charge in [-0.25, -0.2) is 0 Å². The molecule has 2 heterocycles. The fourth-order valence-corrected chi connectivity index (χ4v) is 3.97. The lowest BCUT2D eigenvalue weighted by molar-refractivity contribution is 0.132. The SMILES string of the molecule is CC(C)(C)[Si](C)(C)O[C@H]1CCN(c2ccncc2N)C[C@@H]1N. The summed E-state index contributed by atoms with van der Waals surface area (Å²) in [7, 11) is -1.78. The summed E-state index contributed by atoms with van der Waals surface area (Å²) in [4.78, 5) is 6.29. The number of nitrogens with two attached hydrogens (primary N) is 2. The minimum Gasteiger partial charge on any atom is -0.412 e. The van der Waals surface area contributed by atoms with E-state index in [0.717, 1.165) is 25.2 Å². The molecule has 6 heteroatoms. The van der Waals surface area contributed by atoms with Gasteiger partial charge in [-0.2, -0.15) is 0 Å². The van der Waals surface area contributed by atoms with Gasteiger partial charge in [-0.1, -0.05) is 20.8 Å². The largest absolute Gasteiger partial charge is 0.412 e. The van der Waals surface area contributed by atoms with Gasteiger partial charge < -0.3 is 20.8 Å². The van der Waals surface area contributed by atoms with Gasteiger partial charge in [0.15, 0.2) is 8.32 Å². The van der Waals surface area contributed by atoms with Crippen LogP contribution >= 0.6 is 0 Å². The van der Waals surface area contributed by atoms with Gasteiger partial charge >= 0.3 is 0 Å². The number of hydrogen-bond donors (Lipinski definition) is 2. The van der Waals surface area contributed by atoms with Gasteiger partial charge in [-0.15, -0.1) is 0 Å². The molecule has 1 aromatic heterocycles. The third-order valence-corrected chi connectivity index (χ3v) is 9.52. The Morgan fingerprint density at radius 3 is 2.59 bits per heavy atom. The maximum absolute atomic E-state index is 6.51. The smallest absolute Gasteiger partial charge is 0.192 e. The Morgan fingerprint density at radius 1 is 1.36 bits per heavy atom. The van der Waals surface area contributed by atoms with Crippen molar-refractivity contribution < 1.29 is 4.43 Å². The highest BCUT2D eigenvalue weighted by Gasteiger charge is 2.41. The van der Waals surface area contributed by atoms with E-state index in [0.29, 0.717) is 5.69 Å². The quantitative estimate of drug-likeness (QED) is 0.836. The van der Waals surface area contributed by atoms with Crippen LogP contribution in [0, 0.1) is 0 Å². The van der Waals surface area contributed by atoms with Crippen molar-refractivity contribution in [3.05, 3.63) is 18.5 Å². The summed E-state index contributed by atoms with van der Waals surface area (Å²) in [6, 6.07) is 1.97. The zero-order chi connectivity index (χ0) is 16.5. The molecule has 2 atom stereocenters. The highest BCUT2D eigenvalue weighted by Crippen LogP contribution is 2.38. The molecule has 0 unspecified atom stereocenters. The Balaban J connectivity index is 2.03. The molecular weight excluding hydrogens is 292 g/mol. The Labute approximate surface area is 135 Å². The number of rotatable bonds is 3. The van der Waals surface area contributed by atoms with Gasteiger partial charge in [-0.05, 0) is 30.6 Å². The molecule has 1 aliphatic heterocycles. The summed E-state index contributed by atoms with van der Waals surface area (Å²) >= 11 is 0. The Bertz CT molecular complexity index is 515. The predicted molar refractivity (Wildman–Crippen MR) is 95.5 cm³/mol. The number of anilines is 2. The van der Waals surface area contributed by atoms with Crippen molar-refractivity contribution in [3.8, 4) is 0 Å². The minimum absolute atomic E-state index is 0.00967. The van der Waals surface area contributed by atoms with Crippen LogP contribution in [0.25, 0.3) is 0 Å². The lowest BCUT2D eigenvalue weighted by atomic mass is 10.0. The van der Waals surface area contributed by atoms with Gasteiger partial charge in [0.1, 0.15) is 0 Å². The number of piperidine rings is 1. The molecule has 1 saturated heterocycles. The molecule has 1 fully saturated rings. The Morgan fingerprint density at radius 2 is 2.05 bits per heavy atom. The van der Waals surface area contributed by atoms with E-state index in [4.69, 9.17) is 15.9 Å². The van der Waals surface area contributed by atoms with Crippen molar-refractivity contribution in [2.24, 2.45) is 5.73 Å². The molecule has 1 aliphatic rings. The van der Waals surface area contributed by atoms with E-state index in [1.807, 2.05) is 6.07 Å². The van der Waals surface area contributed by atoms with Gasteiger partial charge in [0, 0.05) is 25.3 Å². The van der Waals surface area contributed by atoms with Crippen LogP contribution in [-0.4, -0.2) is 38.5 Å². The second-order valence-corrected chi connectivity index (χ2v) is 12.5. The number of hydrogen-bond acceptors (Lipinski definition) is 5. The molecule has 0 saturated carbocycles. The van der Waals surface area contributed by atoms with Crippen LogP contribution in [0.1, 0.15) is 27.2 Å². The maximum atomic E-state index is 6.51. The van der Waals surface area contributed by atoms with E-state index in [1.54, 1.807) is 12.4 Å². The first-order valence-electron chi connectivity index (χ1n) is 7.99. The number of nitrogens with zero attached hydrogens (tertiary/aromatic N) is 2. The highest BCUT2D eigenvalue weighted by molar-refractivity contribution is 6.74. The first-order valence-corrected chi connectivity index (χ1v) is 10.9. The third-order valence-electron chi connectivity index (χ3n) is 5.01. The Kier molecular flexibility index (Phi) is 4.84. The topological polar surface area (TPSA) is 77.4 Å². The van der Waals surface area contributed by atoms with E-state index < -0.39 is 8.32 Å². The first kappa shape index (κ1) is 17.2. The molecule has 2 rings (SSSR count). The molecule has 0 radical (unpaired) electrons. The van der Waals surface area contributed by atoms with Crippen molar-refractivity contribution in [2.75, 3.05) is 23.7 Å². The number of aromatic nitrogens is 1. The van der Waals surface area contributed by atoms with Gasteiger partial charge in [-0.3, -0.25) is 4.98 Å². The first-order chi connectivity index (χ1) is 10.1. The van der Waals surface area contributed by atoms with Crippen LogP contribution in [0.15, 0.2) is 18.5 Å². The van der Waals surface area contributed by atoms with Crippen molar-refractivity contribution in [1.82, 2.24) is 4.98 Å². The van der Waals surface area contributed by atoms with Crippen LogP contribution in [0.5, 0.6) is 0 Å². The van der Waals surface area contributed by atoms with E-state index in [1.165, 1.54) is 0 Å². The summed E-state index contributed by atoms with van der Waals surface area (Å²) in [5.41, 5.74) is 14.2. The van der Waals surface area contributed by atoms with Crippen molar-refractivity contribution in [3.63, 3.8) is 0 Å². The maximum Gasteiger partial charge on any atom is 0.192 e. The van der Waals surface area contributed by atoms with E-state index in [9.17, 15) is 0 Å². The second kappa shape index (κ2) is 6.18. The zero-order valence-corrected chi connectivity index (χ0v) is 15.5. The molecular formula is C16H30N4OSi. The molecule has 0 amide bonds. The van der Waals surface area contributed by atoms with Crippen LogP contribution < -0.4 is 16.4 Å². The molecule has 0 bridgehead atoms. The summed E-state index contributed by atoms with van der Waals surface area (Å²) in [6.45, 7) is 13.0. The molecule has 124 valence electrons. The fourth-order valence-electron chi connectivity index (χ4n) is 2.57. The van der Waals surface area contributed by atoms with Crippen LogP contribution in [0.2, 0.25) is 18.1 Å². The minimum atomic E-state index is -1.78. The van der Waals surface area contributed by atoms with Crippen LogP contribution in [0.3, 0.4) is 0 Å². The lowest BCUT2D eigenvalue weighted by Gasteiger charge is -2.44. The van der Waals surface area contributed by atoms with Crippen molar-refractivity contribution >= 4 is 19.7 Å². The molecule has 22 heavy (non-hydrogen) atoms. The standard InChI is InChI=1S/C16H30N4OSi/c1-16(2,3)22(4,5)21-15-7-9-20(11-13(15)18)14-6-8-19-10-12(14)17/h6,8,10,13,15H,7,9,11,17-18H2,1-5H3/t13-,15-/m0/s1. The monoisotopic (exact) mass is 322 g/mol. The summed E-state index contributed by atoms with van der Waals surface area (Å²) in [5, 5.41) is 0.208. The molecule has 5 nitrogen and oxygen atoms in total. The summed E-state index contributed by atoms with van der Waals surface area (Å²) < 4.78 is 6.51. The third kappa shape index (κ3) is 3.61. The van der Waals surface area contributed by atoms with E-state index in [2.05, 4.69) is 43.7 Å². The number of nitrogen functional groups attached to an aromatic ring is 1. The predicted octanol–water partition coefficient (Wildman–Crippen LogP) is 2.59. The van der Waals surface area contributed by atoms with Crippen molar-refractivity contribution in [2.45, 2.75) is 57.5 Å².